The van der Waals surface area contributed by atoms with Gasteiger partial charge in [0, 0.05) is 31.8 Å². The summed E-state index contributed by atoms with van der Waals surface area (Å²) in [6, 6.07) is 7.26. The number of aromatic amines is 1. The maximum atomic E-state index is 14.6. The second kappa shape index (κ2) is 9.64. The topological polar surface area (TPSA) is 100 Å². The van der Waals surface area contributed by atoms with Crippen molar-refractivity contribution in [3.63, 3.8) is 0 Å². The van der Waals surface area contributed by atoms with Gasteiger partial charge in [-0.1, -0.05) is 6.07 Å². The molecule has 11 heteroatoms. The third kappa shape index (κ3) is 5.42. The molecule has 0 radical (unpaired) electrons. The number of aromatic nitrogens is 3. The van der Waals surface area contributed by atoms with Gasteiger partial charge in [0.15, 0.2) is 5.82 Å². The van der Waals surface area contributed by atoms with Gasteiger partial charge in [0.2, 0.25) is 17.3 Å². The summed E-state index contributed by atoms with van der Waals surface area (Å²) in [5.74, 6) is -4.24. The van der Waals surface area contributed by atoms with E-state index in [4.69, 9.17) is 4.74 Å². The Bertz CT molecular complexity index is 1180. The van der Waals surface area contributed by atoms with Gasteiger partial charge >= 0.3 is 0 Å². The van der Waals surface area contributed by atoms with Crippen LogP contribution in [0.15, 0.2) is 59.8 Å². The van der Waals surface area contributed by atoms with Crippen molar-refractivity contribution >= 4 is 11.7 Å². The zero-order chi connectivity index (χ0) is 24.3. The quantitative estimate of drug-likeness (QED) is 0.568. The summed E-state index contributed by atoms with van der Waals surface area (Å²) >= 11 is 0. The minimum Gasteiger partial charge on any atom is -0.438 e. The SMILES string of the molecule is CC(C(=O)Nc1cnc(Oc2ccc(F)cc2)cn1)N1CCC(F)(F)[C@@H](c2ccc(=O)[nH]c2)C1. The highest BCUT2D eigenvalue weighted by Gasteiger charge is 2.46. The number of ether oxygens (including phenoxy) is 1. The average molecular weight is 473 g/mol. The Kier molecular flexibility index (Phi) is 6.64. The number of nitrogens with zero attached hydrogens (tertiary/aromatic N) is 3. The van der Waals surface area contributed by atoms with Crippen LogP contribution in [0.3, 0.4) is 0 Å². The largest absolute Gasteiger partial charge is 0.438 e. The molecule has 178 valence electrons. The first kappa shape index (κ1) is 23.4. The Morgan fingerprint density at radius 2 is 1.97 bits per heavy atom. The van der Waals surface area contributed by atoms with Gasteiger partial charge in [-0.15, -0.1) is 0 Å². The number of anilines is 1. The van der Waals surface area contributed by atoms with E-state index in [-0.39, 0.29) is 30.3 Å². The second-order valence-electron chi connectivity index (χ2n) is 8.01. The fourth-order valence-corrected chi connectivity index (χ4v) is 3.72. The van der Waals surface area contributed by atoms with Crippen LogP contribution < -0.4 is 15.6 Å². The normalized spacial score (nSPS) is 18.8. The first-order chi connectivity index (χ1) is 16.2. The average Bonchev–Trinajstić information content (AvgIpc) is 2.82. The molecule has 4 rings (SSSR count). The van der Waals surface area contributed by atoms with Crippen molar-refractivity contribution in [1.82, 2.24) is 19.9 Å². The maximum Gasteiger partial charge on any atom is 0.257 e. The molecule has 1 aromatic carbocycles. The molecule has 1 aliphatic heterocycles. The number of pyridine rings is 1. The minimum absolute atomic E-state index is 0.0393. The summed E-state index contributed by atoms with van der Waals surface area (Å²) in [5, 5.41) is 2.63. The van der Waals surface area contributed by atoms with Crippen LogP contribution in [-0.4, -0.2) is 50.8 Å². The summed E-state index contributed by atoms with van der Waals surface area (Å²) in [6.07, 6.45) is 3.48. The van der Waals surface area contributed by atoms with Crippen molar-refractivity contribution in [2.45, 2.75) is 31.2 Å². The second-order valence-corrected chi connectivity index (χ2v) is 8.01. The molecule has 1 fully saturated rings. The number of H-pyrrole nitrogens is 1. The monoisotopic (exact) mass is 473 g/mol. The van der Waals surface area contributed by atoms with E-state index in [0.717, 1.165) is 0 Å². The molecule has 1 aliphatic rings. The number of carbonyl (C=O) groups is 1. The first-order valence-corrected chi connectivity index (χ1v) is 10.6. The van der Waals surface area contributed by atoms with Crippen molar-refractivity contribution in [2.24, 2.45) is 0 Å². The maximum absolute atomic E-state index is 14.6. The minimum atomic E-state index is -2.96. The van der Waals surface area contributed by atoms with Crippen LogP contribution in [0.1, 0.15) is 24.8 Å². The molecule has 2 atom stereocenters. The van der Waals surface area contributed by atoms with Gasteiger partial charge < -0.3 is 15.0 Å². The summed E-state index contributed by atoms with van der Waals surface area (Å²) in [5.41, 5.74) is -0.0628. The van der Waals surface area contributed by atoms with Gasteiger partial charge in [0.05, 0.1) is 24.4 Å². The smallest absolute Gasteiger partial charge is 0.257 e. The number of alkyl halides is 2. The van der Waals surface area contributed by atoms with Crippen molar-refractivity contribution in [2.75, 3.05) is 18.4 Å². The zero-order valence-corrected chi connectivity index (χ0v) is 18.2. The number of rotatable bonds is 6. The van der Waals surface area contributed by atoms with Crippen molar-refractivity contribution < 1.29 is 22.7 Å². The summed E-state index contributed by atoms with van der Waals surface area (Å²) in [4.78, 5) is 36.3. The van der Waals surface area contributed by atoms with E-state index >= 15 is 0 Å². The lowest BCUT2D eigenvalue weighted by Gasteiger charge is -2.40. The molecule has 2 N–H and O–H groups in total. The highest BCUT2D eigenvalue weighted by atomic mass is 19.3. The van der Waals surface area contributed by atoms with Gasteiger partial charge in [0.1, 0.15) is 11.6 Å². The molecular weight excluding hydrogens is 451 g/mol. The fourth-order valence-electron chi connectivity index (χ4n) is 3.72. The number of carbonyl (C=O) groups excluding carboxylic acids is 1. The van der Waals surface area contributed by atoms with Crippen LogP contribution >= 0.6 is 0 Å². The molecule has 1 unspecified atom stereocenters. The van der Waals surface area contributed by atoms with Crippen LogP contribution in [0, 0.1) is 5.82 Å². The number of nitrogens with one attached hydrogen (secondary N) is 2. The molecule has 1 amide bonds. The number of likely N-dealkylation sites (tertiary alicyclic amines) is 1. The Balaban J connectivity index is 1.38. The lowest BCUT2D eigenvalue weighted by molar-refractivity contribution is -0.125. The van der Waals surface area contributed by atoms with Crippen LogP contribution in [0.25, 0.3) is 0 Å². The van der Waals surface area contributed by atoms with E-state index in [1.807, 2.05) is 0 Å². The van der Waals surface area contributed by atoms with Gasteiger partial charge in [-0.2, -0.15) is 0 Å². The summed E-state index contributed by atoms with van der Waals surface area (Å²) in [7, 11) is 0. The van der Waals surface area contributed by atoms with E-state index in [9.17, 15) is 22.8 Å². The molecule has 34 heavy (non-hydrogen) atoms. The molecule has 3 heterocycles. The van der Waals surface area contributed by atoms with E-state index in [1.54, 1.807) is 11.8 Å². The van der Waals surface area contributed by atoms with E-state index in [1.165, 1.54) is 55.0 Å². The van der Waals surface area contributed by atoms with Crippen LogP contribution in [-0.2, 0) is 4.79 Å². The van der Waals surface area contributed by atoms with Crippen LogP contribution in [0.4, 0.5) is 19.0 Å². The number of piperidine rings is 1. The van der Waals surface area contributed by atoms with Crippen LogP contribution in [0.2, 0.25) is 0 Å². The molecule has 8 nitrogen and oxygen atoms in total. The third-order valence-electron chi connectivity index (χ3n) is 5.71. The molecule has 0 saturated carbocycles. The van der Waals surface area contributed by atoms with Crippen molar-refractivity contribution in [3.05, 3.63) is 76.7 Å². The molecule has 0 bridgehead atoms. The Morgan fingerprint density at radius 1 is 1.21 bits per heavy atom. The van der Waals surface area contributed by atoms with Gasteiger partial charge in [0.25, 0.3) is 5.92 Å². The third-order valence-corrected chi connectivity index (χ3v) is 5.71. The molecule has 0 spiro atoms. The predicted molar refractivity (Wildman–Crippen MR) is 118 cm³/mol. The highest BCUT2D eigenvalue weighted by molar-refractivity contribution is 5.93. The molecule has 2 aromatic heterocycles. The standard InChI is InChI=1S/C23H22F3N5O3/c1-14(31-9-8-23(25,26)18(13-31)15-2-7-20(32)28-10-15)22(33)30-19-11-29-21(12-27-19)34-17-5-3-16(24)4-6-17/h2-7,10-12,14,18H,8-9,13H2,1H3,(H,28,32)(H,27,30,33)/t14?,18-/m1/s1. The molecular formula is C23H22F3N5O3. The number of benzene rings is 1. The number of hydrogen-bond donors (Lipinski definition) is 2. The lowest BCUT2D eigenvalue weighted by atomic mass is 9.87. The van der Waals surface area contributed by atoms with Gasteiger partial charge in [-0.3, -0.25) is 14.5 Å². The fraction of sp³-hybridized carbons (Fsp3) is 0.304. The highest BCUT2D eigenvalue weighted by Crippen LogP contribution is 2.40. The lowest BCUT2D eigenvalue weighted by Crippen LogP contribution is -2.52. The first-order valence-electron chi connectivity index (χ1n) is 10.6. The van der Waals surface area contributed by atoms with Gasteiger partial charge in [-0.05, 0) is 36.8 Å². The zero-order valence-electron chi connectivity index (χ0n) is 18.2. The van der Waals surface area contributed by atoms with Crippen molar-refractivity contribution in [1.29, 1.82) is 0 Å². The van der Waals surface area contributed by atoms with E-state index in [2.05, 4.69) is 20.3 Å². The Hall–Kier alpha value is -3.73. The summed E-state index contributed by atoms with van der Waals surface area (Å²) < 4.78 is 47.6. The number of amides is 1. The van der Waals surface area contributed by atoms with Crippen molar-refractivity contribution in [3.8, 4) is 11.6 Å². The van der Waals surface area contributed by atoms with Gasteiger partial charge in [-0.25, -0.2) is 23.1 Å². The number of halogens is 3. The van der Waals surface area contributed by atoms with Crippen LogP contribution in [0.5, 0.6) is 11.6 Å². The summed E-state index contributed by atoms with van der Waals surface area (Å²) in [6.45, 7) is 1.61. The number of hydrogen-bond acceptors (Lipinski definition) is 6. The Labute approximate surface area is 192 Å². The molecule has 1 saturated heterocycles. The molecule has 0 aliphatic carbocycles. The molecule has 3 aromatic rings. The Morgan fingerprint density at radius 3 is 2.62 bits per heavy atom. The van der Waals surface area contributed by atoms with E-state index in [0.29, 0.717) is 11.3 Å². The van der Waals surface area contributed by atoms with E-state index < -0.39 is 36.0 Å². The predicted octanol–water partition coefficient (Wildman–Crippen LogP) is 3.55.